The highest BCUT2D eigenvalue weighted by Crippen LogP contribution is 2.29. The maximum atomic E-state index is 11.8. The minimum absolute atomic E-state index is 0.271. The minimum atomic E-state index is -0.522. The molecule has 1 aliphatic heterocycles. The maximum absolute atomic E-state index is 11.8. The molecule has 1 aromatic carbocycles. The fourth-order valence-electron chi connectivity index (χ4n) is 2.02. The van der Waals surface area contributed by atoms with Gasteiger partial charge in [0.2, 0.25) is 0 Å². The van der Waals surface area contributed by atoms with E-state index in [0.717, 1.165) is 11.1 Å². The van der Waals surface area contributed by atoms with E-state index >= 15 is 0 Å². The van der Waals surface area contributed by atoms with Gasteiger partial charge in [-0.3, -0.25) is 0 Å². The van der Waals surface area contributed by atoms with Gasteiger partial charge in [-0.25, -0.2) is 4.79 Å². The first kappa shape index (κ1) is 15.7. The largest absolute Gasteiger partial charge is 0.491 e. The van der Waals surface area contributed by atoms with Crippen molar-refractivity contribution in [3.05, 3.63) is 40.1 Å². The molecule has 2 rings (SSSR count). The number of amides is 1. The van der Waals surface area contributed by atoms with Crippen LogP contribution in [0.5, 0.6) is 0 Å². The Morgan fingerprint density at radius 1 is 1.43 bits per heavy atom. The van der Waals surface area contributed by atoms with Gasteiger partial charge in [0.05, 0.1) is 6.04 Å². The topological polar surface area (TPSA) is 47.6 Å². The van der Waals surface area contributed by atoms with E-state index < -0.39 is 11.7 Å². The molecule has 21 heavy (non-hydrogen) atoms. The Bertz CT molecular complexity index is 575. The molecule has 0 fully saturated rings. The highest BCUT2D eigenvalue weighted by atomic mass is 35.5. The van der Waals surface area contributed by atoms with E-state index in [1.165, 1.54) is 0 Å². The molecule has 0 radical (unpaired) electrons. The number of benzene rings is 1. The lowest BCUT2D eigenvalue weighted by Crippen LogP contribution is -2.39. The normalized spacial score (nSPS) is 15.4. The fraction of sp³-hybridized carbons (Fsp3) is 0.438. The van der Waals surface area contributed by atoms with E-state index in [1.54, 1.807) is 0 Å². The second-order valence-corrected chi connectivity index (χ2v) is 6.42. The van der Waals surface area contributed by atoms with E-state index in [4.69, 9.17) is 21.1 Å². The van der Waals surface area contributed by atoms with Crippen molar-refractivity contribution < 1.29 is 14.3 Å². The molecule has 1 atom stereocenters. The van der Waals surface area contributed by atoms with Crippen LogP contribution in [-0.4, -0.2) is 17.7 Å². The third-order valence-corrected chi connectivity index (χ3v) is 3.35. The molecule has 114 valence electrons. The average molecular weight is 310 g/mol. The predicted molar refractivity (Wildman–Crippen MR) is 83.0 cm³/mol. The number of hydrogen-bond acceptors (Lipinski definition) is 3. The van der Waals surface area contributed by atoms with E-state index in [0.29, 0.717) is 17.4 Å². The minimum Gasteiger partial charge on any atom is -0.491 e. The van der Waals surface area contributed by atoms with Gasteiger partial charge in [0, 0.05) is 10.6 Å². The number of ether oxygens (including phenoxy) is 2. The molecule has 0 spiro atoms. The first-order valence-corrected chi connectivity index (χ1v) is 7.25. The molecule has 0 saturated heterocycles. The van der Waals surface area contributed by atoms with E-state index in [-0.39, 0.29) is 6.04 Å². The maximum Gasteiger partial charge on any atom is 0.408 e. The summed E-state index contributed by atoms with van der Waals surface area (Å²) in [6.45, 7) is 7.73. The van der Waals surface area contributed by atoms with Crippen molar-refractivity contribution in [1.29, 1.82) is 0 Å². The molecule has 1 aromatic rings. The van der Waals surface area contributed by atoms with Crippen LogP contribution in [0.3, 0.4) is 0 Å². The van der Waals surface area contributed by atoms with Gasteiger partial charge < -0.3 is 14.8 Å². The number of carbonyl (C=O) groups excluding carboxylic acids is 1. The van der Waals surface area contributed by atoms with Crippen LogP contribution >= 0.6 is 11.6 Å². The Morgan fingerprint density at radius 2 is 2.14 bits per heavy atom. The van der Waals surface area contributed by atoms with Crippen LogP contribution in [0.1, 0.15) is 38.8 Å². The molecule has 1 aliphatic rings. The molecule has 1 amide bonds. The van der Waals surface area contributed by atoms with Gasteiger partial charge in [-0.2, -0.15) is 0 Å². The molecule has 4 nitrogen and oxygen atoms in total. The summed E-state index contributed by atoms with van der Waals surface area (Å²) in [4.78, 5) is 11.8. The summed E-state index contributed by atoms with van der Waals surface area (Å²) in [7, 11) is 0. The summed E-state index contributed by atoms with van der Waals surface area (Å²) in [6.07, 6.45) is 1.43. The van der Waals surface area contributed by atoms with E-state index in [2.05, 4.69) is 5.32 Å². The van der Waals surface area contributed by atoms with Gasteiger partial charge in [0.1, 0.15) is 18.0 Å². The van der Waals surface area contributed by atoms with Crippen molar-refractivity contribution in [2.75, 3.05) is 0 Å². The Morgan fingerprint density at radius 3 is 2.81 bits per heavy atom. The van der Waals surface area contributed by atoms with E-state index in [9.17, 15) is 4.79 Å². The van der Waals surface area contributed by atoms with Crippen LogP contribution in [0.4, 0.5) is 4.79 Å². The molecule has 1 heterocycles. The summed E-state index contributed by atoms with van der Waals surface area (Å²) < 4.78 is 10.9. The van der Waals surface area contributed by atoms with E-state index in [1.807, 2.05) is 52.0 Å². The van der Waals surface area contributed by atoms with Crippen LogP contribution in [0.2, 0.25) is 5.02 Å². The lowest BCUT2D eigenvalue weighted by Gasteiger charge is -2.25. The van der Waals surface area contributed by atoms with Gasteiger partial charge >= 0.3 is 6.09 Å². The Labute approximate surface area is 130 Å². The van der Waals surface area contributed by atoms with Crippen molar-refractivity contribution >= 4 is 23.8 Å². The summed E-state index contributed by atoms with van der Waals surface area (Å²) in [5, 5.41) is 3.45. The molecule has 1 unspecified atom stereocenters. The fourth-order valence-corrected chi connectivity index (χ4v) is 2.26. The third-order valence-electron chi connectivity index (χ3n) is 3.00. The molecule has 0 bridgehead atoms. The van der Waals surface area contributed by atoms with Gasteiger partial charge in [-0.1, -0.05) is 23.7 Å². The molecule has 0 saturated carbocycles. The van der Waals surface area contributed by atoms with Gasteiger partial charge in [-0.15, -0.1) is 0 Å². The second-order valence-electron chi connectivity index (χ2n) is 6.01. The van der Waals surface area contributed by atoms with Crippen molar-refractivity contribution in [1.82, 2.24) is 5.32 Å². The quantitative estimate of drug-likeness (QED) is 0.893. The van der Waals surface area contributed by atoms with Crippen LogP contribution in [0, 0.1) is 0 Å². The van der Waals surface area contributed by atoms with Crippen LogP contribution in [0.15, 0.2) is 24.0 Å². The number of alkyl carbamates (subject to hydrolysis) is 1. The van der Waals surface area contributed by atoms with Crippen molar-refractivity contribution in [3.8, 4) is 0 Å². The Kier molecular flexibility index (Phi) is 4.47. The van der Waals surface area contributed by atoms with Crippen LogP contribution in [-0.2, 0) is 16.1 Å². The highest BCUT2D eigenvalue weighted by molar-refractivity contribution is 6.31. The number of rotatable bonds is 2. The third kappa shape index (κ3) is 4.14. The number of fused-ring (bicyclic) bond motifs is 1. The summed E-state index contributed by atoms with van der Waals surface area (Å²) in [6, 6.07) is 5.44. The zero-order valence-electron chi connectivity index (χ0n) is 12.7. The molecule has 1 N–H and O–H groups in total. The number of halogens is 1. The smallest absolute Gasteiger partial charge is 0.408 e. The second kappa shape index (κ2) is 5.98. The zero-order chi connectivity index (χ0) is 15.6. The molecule has 5 heteroatoms. The molecule has 0 aromatic heterocycles. The lowest BCUT2D eigenvalue weighted by molar-refractivity contribution is 0.0494. The first-order chi connectivity index (χ1) is 9.76. The number of hydrogen-bond donors (Lipinski definition) is 1. The first-order valence-electron chi connectivity index (χ1n) is 6.87. The van der Waals surface area contributed by atoms with Crippen LogP contribution < -0.4 is 5.32 Å². The lowest BCUT2D eigenvalue weighted by atomic mass is 10.0. The van der Waals surface area contributed by atoms with Gasteiger partial charge in [0.15, 0.2) is 0 Å². The van der Waals surface area contributed by atoms with Crippen molar-refractivity contribution in [2.45, 2.75) is 45.9 Å². The molecular weight excluding hydrogens is 290 g/mol. The number of carbonyl (C=O) groups is 1. The molecular formula is C16H20ClNO3. The average Bonchev–Trinajstić information content (AvgIpc) is 2.36. The monoisotopic (exact) mass is 309 g/mol. The van der Waals surface area contributed by atoms with Crippen LogP contribution in [0.25, 0.3) is 6.08 Å². The summed E-state index contributed by atoms with van der Waals surface area (Å²) >= 11 is 6.13. The predicted octanol–water partition coefficient (Wildman–Crippen LogP) is 4.12. The molecule has 0 aliphatic carbocycles. The van der Waals surface area contributed by atoms with Gasteiger partial charge in [0.25, 0.3) is 0 Å². The van der Waals surface area contributed by atoms with Gasteiger partial charge in [-0.05, 0) is 45.4 Å². The number of nitrogens with one attached hydrogen (secondary N) is 1. The Balaban J connectivity index is 2.07. The van der Waals surface area contributed by atoms with Crippen molar-refractivity contribution in [2.24, 2.45) is 0 Å². The summed E-state index contributed by atoms with van der Waals surface area (Å²) in [5.41, 5.74) is 1.46. The highest BCUT2D eigenvalue weighted by Gasteiger charge is 2.22. The van der Waals surface area contributed by atoms with Crippen molar-refractivity contribution in [3.63, 3.8) is 0 Å². The SMILES string of the molecule is CC(NC(=O)OC(C)(C)C)C1=Cc2cccc(Cl)c2CO1. The Hall–Kier alpha value is -1.68. The zero-order valence-corrected chi connectivity index (χ0v) is 13.5. The summed E-state index contributed by atoms with van der Waals surface area (Å²) in [5.74, 6) is 0.690. The standard InChI is InChI=1S/C16H20ClNO3/c1-10(18-15(19)21-16(2,3)4)14-8-11-6-5-7-13(17)12(11)9-20-14/h5-8,10H,9H2,1-4H3,(H,18,19).